The van der Waals surface area contributed by atoms with Crippen LogP contribution in [0, 0.1) is 0 Å². The SMILES string of the molecule is CCCN(O)C[C]=O. The van der Waals surface area contributed by atoms with Crippen molar-refractivity contribution in [3.63, 3.8) is 0 Å². The molecule has 0 bridgehead atoms. The first-order valence-corrected chi connectivity index (χ1v) is 2.60. The van der Waals surface area contributed by atoms with Crippen LogP contribution in [0.1, 0.15) is 13.3 Å². The average molecular weight is 116 g/mol. The van der Waals surface area contributed by atoms with Crippen LogP contribution in [-0.2, 0) is 4.79 Å². The van der Waals surface area contributed by atoms with Crippen molar-refractivity contribution < 1.29 is 10.0 Å². The van der Waals surface area contributed by atoms with E-state index in [4.69, 9.17) is 5.21 Å². The molecule has 0 atom stereocenters. The standard InChI is InChI=1S/C5H10NO2/c1-2-3-6(8)4-5-7/h8H,2-4H2,1H3. The monoisotopic (exact) mass is 116 g/mol. The van der Waals surface area contributed by atoms with Gasteiger partial charge < -0.3 is 5.21 Å². The zero-order valence-electron chi connectivity index (χ0n) is 4.92. The Kier molecular flexibility index (Phi) is 4.50. The quantitative estimate of drug-likeness (QED) is 0.533. The molecule has 0 fully saturated rings. The van der Waals surface area contributed by atoms with Crippen molar-refractivity contribution in [3.8, 4) is 0 Å². The summed E-state index contributed by atoms with van der Waals surface area (Å²) in [6.45, 7) is 2.46. The summed E-state index contributed by atoms with van der Waals surface area (Å²) in [6.07, 6.45) is 2.42. The number of hydrogen-bond acceptors (Lipinski definition) is 3. The fraction of sp³-hybridized carbons (Fsp3) is 0.800. The Morgan fingerprint density at radius 3 is 2.75 bits per heavy atom. The zero-order valence-corrected chi connectivity index (χ0v) is 4.92. The molecule has 0 unspecified atom stereocenters. The maximum atomic E-state index is 9.56. The lowest BCUT2D eigenvalue weighted by molar-refractivity contribution is -0.0759. The predicted octanol–water partition coefficient (Wildman–Crippen LogP) is 0.197. The van der Waals surface area contributed by atoms with Crippen molar-refractivity contribution in [3.05, 3.63) is 0 Å². The van der Waals surface area contributed by atoms with E-state index in [9.17, 15) is 4.79 Å². The van der Waals surface area contributed by atoms with Gasteiger partial charge in [-0.2, -0.15) is 5.06 Å². The molecule has 0 spiro atoms. The Balaban J connectivity index is 3.03. The van der Waals surface area contributed by atoms with E-state index < -0.39 is 0 Å². The molecule has 1 N–H and O–H groups in total. The third-order valence-electron chi connectivity index (χ3n) is 0.729. The van der Waals surface area contributed by atoms with Gasteiger partial charge in [0, 0.05) is 6.54 Å². The molecule has 1 radical (unpaired) electrons. The van der Waals surface area contributed by atoms with E-state index in [0.717, 1.165) is 11.5 Å². The Labute approximate surface area is 48.9 Å². The van der Waals surface area contributed by atoms with Gasteiger partial charge in [-0.05, 0) is 6.42 Å². The third-order valence-corrected chi connectivity index (χ3v) is 0.729. The first-order chi connectivity index (χ1) is 3.81. The Bertz CT molecular complexity index is 65.4. The molecular formula is C5H10NO2. The molecule has 0 rings (SSSR count). The number of nitrogens with zero attached hydrogens (tertiary/aromatic N) is 1. The van der Waals surface area contributed by atoms with Crippen LogP contribution >= 0.6 is 0 Å². The molecule has 47 valence electrons. The lowest BCUT2D eigenvalue weighted by atomic mass is 10.5. The van der Waals surface area contributed by atoms with Gasteiger partial charge >= 0.3 is 0 Å². The summed E-state index contributed by atoms with van der Waals surface area (Å²) < 4.78 is 0. The smallest absolute Gasteiger partial charge is 0.216 e. The van der Waals surface area contributed by atoms with Gasteiger partial charge in [-0.3, -0.25) is 4.79 Å². The predicted molar refractivity (Wildman–Crippen MR) is 29.3 cm³/mol. The normalized spacial score (nSPS) is 9.88. The van der Waals surface area contributed by atoms with Gasteiger partial charge in [0.05, 0.1) is 6.54 Å². The minimum absolute atomic E-state index is 0.00611. The maximum Gasteiger partial charge on any atom is 0.216 e. The molecule has 0 aliphatic heterocycles. The van der Waals surface area contributed by atoms with Crippen molar-refractivity contribution in [1.29, 1.82) is 0 Å². The minimum atomic E-state index is -0.00611. The molecule has 0 heterocycles. The molecule has 8 heavy (non-hydrogen) atoms. The zero-order chi connectivity index (χ0) is 6.41. The van der Waals surface area contributed by atoms with E-state index in [1.165, 1.54) is 0 Å². The highest BCUT2D eigenvalue weighted by molar-refractivity contribution is 5.52. The molecule has 0 aliphatic rings. The van der Waals surface area contributed by atoms with Crippen molar-refractivity contribution in [1.82, 2.24) is 5.06 Å². The minimum Gasteiger partial charge on any atom is -0.314 e. The molecular weight excluding hydrogens is 106 g/mol. The number of carbonyl (C=O) groups excluding carboxylic acids is 1. The van der Waals surface area contributed by atoms with E-state index in [-0.39, 0.29) is 6.54 Å². The van der Waals surface area contributed by atoms with Gasteiger partial charge in [0.1, 0.15) is 0 Å². The highest BCUT2D eigenvalue weighted by Crippen LogP contribution is 1.80. The number of rotatable bonds is 4. The van der Waals surface area contributed by atoms with E-state index >= 15 is 0 Å². The van der Waals surface area contributed by atoms with Crippen molar-refractivity contribution >= 4 is 6.29 Å². The molecule has 3 nitrogen and oxygen atoms in total. The molecule has 0 amide bonds. The Hall–Kier alpha value is -0.410. The van der Waals surface area contributed by atoms with Gasteiger partial charge in [0.2, 0.25) is 6.29 Å². The molecule has 3 heteroatoms. The van der Waals surface area contributed by atoms with Gasteiger partial charge in [-0.1, -0.05) is 6.92 Å². The third kappa shape index (κ3) is 3.77. The van der Waals surface area contributed by atoms with Crippen molar-refractivity contribution in [2.75, 3.05) is 13.1 Å². The van der Waals surface area contributed by atoms with Crippen LogP contribution in [0.25, 0.3) is 0 Å². The highest BCUT2D eigenvalue weighted by atomic mass is 16.5. The maximum absolute atomic E-state index is 9.56. The summed E-state index contributed by atoms with van der Waals surface area (Å²) in [4.78, 5) is 9.56. The van der Waals surface area contributed by atoms with Crippen molar-refractivity contribution in [2.45, 2.75) is 13.3 Å². The summed E-state index contributed by atoms with van der Waals surface area (Å²) in [7, 11) is 0. The van der Waals surface area contributed by atoms with E-state index in [1.807, 2.05) is 6.92 Å². The molecule has 0 aromatic heterocycles. The van der Waals surface area contributed by atoms with Gasteiger partial charge in [-0.15, -0.1) is 0 Å². The number of hydrogen-bond donors (Lipinski definition) is 1. The Morgan fingerprint density at radius 1 is 1.75 bits per heavy atom. The molecule has 0 saturated carbocycles. The van der Waals surface area contributed by atoms with Crippen LogP contribution in [-0.4, -0.2) is 29.6 Å². The van der Waals surface area contributed by atoms with Gasteiger partial charge in [-0.25, -0.2) is 0 Å². The summed E-state index contributed by atoms with van der Waals surface area (Å²) in [5.41, 5.74) is 0. The van der Waals surface area contributed by atoms with Crippen LogP contribution in [0.15, 0.2) is 0 Å². The van der Waals surface area contributed by atoms with Crippen molar-refractivity contribution in [2.24, 2.45) is 0 Å². The second kappa shape index (κ2) is 4.74. The van der Waals surface area contributed by atoms with Crippen LogP contribution in [0.2, 0.25) is 0 Å². The molecule has 0 aromatic carbocycles. The lowest BCUT2D eigenvalue weighted by Crippen LogP contribution is -2.21. The summed E-state index contributed by atoms with van der Waals surface area (Å²) in [5.74, 6) is 0. The van der Waals surface area contributed by atoms with Crippen LogP contribution in [0.5, 0.6) is 0 Å². The topological polar surface area (TPSA) is 40.5 Å². The molecule has 0 aromatic rings. The van der Waals surface area contributed by atoms with Crippen LogP contribution in [0.3, 0.4) is 0 Å². The molecule has 0 aliphatic carbocycles. The lowest BCUT2D eigenvalue weighted by Gasteiger charge is -2.06. The van der Waals surface area contributed by atoms with E-state index in [1.54, 1.807) is 6.29 Å². The average Bonchev–Trinajstić information content (AvgIpc) is 1.68. The van der Waals surface area contributed by atoms with Crippen LogP contribution in [0.4, 0.5) is 0 Å². The largest absolute Gasteiger partial charge is 0.314 e. The Morgan fingerprint density at radius 2 is 2.38 bits per heavy atom. The van der Waals surface area contributed by atoms with Gasteiger partial charge in [0.15, 0.2) is 0 Å². The van der Waals surface area contributed by atoms with Gasteiger partial charge in [0.25, 0.3) is 0 Å². The summed E-state index contributed by atoms with van der Waals surface area (Å²) in [5, 5.41) is 9.56. The fourth-order valence-corrected chi connectivity index (χ4v) is 0.412. The van der Waals surface area contributed by atoms with Crippen LogP contribution < -0.4 is 0 Å². The second-order valence-electron chi connectivity index (χ2n) is 1.53. The first kappa shape index (κ1) is 7.59. The highest BCUT2D eigenvalue weighted by Gasteiger charge is 1.93. The fourth-order valence-electron chi connectivity index (χ4n) is 0.412. The summed E-state index contributed by atoms with van der Waals surface area (Å²) in [6, 6.07) is 0. The van der Waals surface area contributed by atoms with E-state index in [0.29, 0.717) is 6.54 Å². The summed E-state index contributed by atoms with van der Waals surface area (Å²) >= 11 is 0. The molecule has 0 saturated heterocycles. The second-order valence-corrected chi connectivity index (χ2v) is 1.53. The van der Waals surface area contributed by atoms with E-state index in [2.05, 4.69) is 0 Å². The number of hydroxylamine groups is 2. The first-order valence-electron chi connectivity index (χ1n) is 2.60.